The Morgan fingerprint density at radius 3 is 2.70 bits per heavy atom. The summed E-state index contributed by atoms with van der Waals surface area (Å²) in [6.45, 7) is 5.32. The van der Waals surface area contributed by atoms with Crippen molar-refractivity contribution in [3.05, 3.63) is 66.0 Å². The van der Waals surface area contributed by atoms with Crippen LogP contribution in [0.3, 0.4) is 0 Å². The van der Waals surface area contributed by atoms with Crippen molar-refractivity contribution in [2.75, 3.05) is 26.7 Å². The number of guanidine groups is 1. The third-order valence-corrected chi connectivity index (χ3v) is 5.42. The molecule has 5 heteroatoms. The van der Waals surface area contributed by atoms with Crippen LogP contribution in [0.5, 0.6) is 0 Å². The number of aromatic nitrogens is 1. The largest absolute Gasteiger partial charge is 0.356 e. The Labute approximate surface area is 180 Å². The van der Waals surface area contributed by atoms with Gasteiger partial charge in [0.25, 0.3) is 0 Å². The standard InChI is InChI=1S/C22H30N4.HI/c1-3-19-17-26(15-12-21(19)20-9-5-4-6-10-20)22(23-2)25-14-11-18-8-7-13-24-16-18;/h4-10,13,16,19,21H,3,11-12,14-15,17H2,1-2H3,(H,23,25);1H. The molecule has 2 aromatic rings. The first kappa shape index (κ1) is 21.7. The molecule has 4 nitrogen and oxygen atoms in total. The fourth-order valence-electron chi connectivity index (χ4n) is 3.97. The fraction of sp³-hybridized carbons (Fsp3) is 0.455. The van der Waals surface area contributed by atoms with E-state index in [1.54, 1.807) is 0 Å². The number of rotatable bonds is 5. The van der Waals surface area contributed by atoms with Crippen LogP contribution >= 0.6 is 24.0 Å². The van der Waals surface area contributed by atoms with E-state index < -0.39 is 0 Å². The van der Waals surface area contributed by atoms with Gasteiger partial charge in [-0.15, -0.1) is 24.0 Å². The molecule has 1 aliphatic heterocycles. The third kappa shape index (κ3) is 5.92. The number of aliphatic imine (C=N–C) groups is 1. The summed E-state index contributed by atoms with van der Waals surface area (Å²) >= 11 is 0. The number of benzene rings is 1. The molecule has 1 aromatic heterocycles. The number of piperidine rings is 1. The van der Waals surface area contributed by atoms with Crippen LogP contribution < -0.4 is 5.32 Å². The van der Waals surface area contributed by atoms with E-state index in [1.807, 2.05) is 25.5 Å². The maximum Gasteiger partial charge on any atom is 0.193 e. The van der Waals surface area contributed by atoms with Gasteiger partial charge in [-0.3, -0.25) is 9.98 Å². The number of nitrogens with one attached hydrogen (secondary N) is 1. The summed E-state index contributed by atoms with van der Waals surface area (Å²) in [6, 6.07) is 15.1. The molecule has 0 spiro atoms. The third-order valence-electron chi connectivity index (χ3n) is 5.42. The van der Waals surface area contributed by atoms with Crippen LogP contribution in [0, 0.1) is 5.92 Å². The van der Waals surface area contributed by atoms with Gasteiger partial charge in [-0.1, -0.05) is 49.7 Å². The number of hydrogen-bond donors (Lipinski definition) is 1. The van der Waals surface area contributed by atoms with E-state index >= 15 is 0 Å². The number of halogens is 1. The van der Waals surface area contributed by atoms with Crippen LogP contribution in [-0.4, -0.2) is 42.5 Å². The molecule has 2 heterocycles. The Morgan fingerprint density at radius 1 is 1.22 bits per heavy atom. The summed E-state index contributed by atoms with van der Waals surface area (Å²) in [7, 11) is 1.89. The lowest BCUT2D eigenvalue weighted by Crippen LogP contribution is -2.48. The van der Waals surface area contributed by atoms with E-state index in [2.05, 4.69) is 63.5 Å². The van der Waals surface area contributed by atoms with E-state index in [-0.39, 0.29) is 24.0 Å². The number of hydrogen-bond acceptors (Lipinski definition) is 2. The van der Waals surface area contributed by atoms with E-state index in [9.17, 15) is 0 Å². The minimum absolute atomic E-state index is 0. The second kappa shape index (κ2) is 11.3. The zero-order chi connectivity index (χ0) is 18.2. The quantitative estimate of drug-likeness (QED) is 0.395. The molecule has 146 valence electrons. The summed E-state index contributed by atoms with van der Waals surface area (Å²) in [5.41, 5.74) is 2.74. The zero-order valence-electron chi connectivity index (χ0n) is 16.3. The van der Waals surface area contributed by atoms with Gasteiger partial charge in [-0.2, -0.15) is 0 Å². The lowest BCUT2D eigenvalue weighted by molar-refractivity contribution is 0.216. The average molecular weight is 478 g/mol. The molecule has 1 aromatic carbocycles. The highest BCUT2D eigenvalue weighted by Gasteiger charge is 2.30. The lowest BCUT2D eigenvalue weighted by atomic mass is 9.79. The Morgan fingerprint density at radius 2 is 2.04 bits per heavy atom. The molecule has 0 aliphatic carbocycles. The van der Waals surface area contributed by atoms with Crippen LogP contribution in [0.4, 0.5) is 0 Å². The van der Waals surface area contributed by atoms with Crippen LogP contribution in [0.2, 0.25) is 0 Å². The molecule has 27 heavy (non-hydrogen) atoms. The van der Waals surface area contributed by atoms with Gasteiger partial charge < -0.3 is 10.2 Å². The van der Waals surface area contributed by atoms with Gasteiger partial charge in [0.05, 0.1) is 0 Å². The minimum Gasteiger partial charge on any atom is -0.356 e. The Kier molecular flexibility index (Phi) is 9.04. The van der Waals surface area contributed by atoms with Gasteiger partial charge in [0.15, 0.2) is 5.96 Å². The van der Waals surface area contributed by atoms with Crippen LogP contribution in [0.25, 0.3) is 0 Å². The van der Waals surface area contributed by atoms with Crippen molar-refractivity contribution in [1.82, 2.24) is 15.2 Å². The Hall–Kier alpha value is -1.63. The Bertz CT molecular complexity index is 690. The second-order valence-corrected chi connectivity index (χ2v) is 7.01. The van der Waals surface area contributed by atoms with Crippen molar-refractivity contribution in [2.24, 2.45) is 10.9 Å². The smallest absolute Gasteiger partial charge is 0.193 e. The second-order valence-electron chi connectivity index (χ2n) is 7.01. The van der Waals surface area contributed by atoms with E-state index in [1.165, 1.54) is 24.0 Å². The summed E-state index contributed by atoms with van der Waals surface area (Å²) < 4.78 is 0. The van der Waals surface area contributed by atoms with Crippen molar-refractivity contribution in [3.63, 3.8) is 0 Å². The SMILES string of the molecule is CCC1CN(C(=NC)NCCc2cccnc2)CCC1c1ccccc1.I. The molecule has 0 radical (unpaired) electrons. The zero-order valence-corrected chi connectivity index (χ0v) is 18.7. The molecule has 0 bridgehead atoms. The fourth-order valence-corrected chi connectivity index (χ4v) is 3.97. The van der Waals surface area contributed by atoms with Crippen molar-refractivity contribution >= 4 is 29.9 Å². The molecule has 2 atom stereocenters. The van der Waals surface area contributed by atoms with Gasteiger partial charge in [0.2, 0.25) is 0 Å². The molecule has 1 fully saturated rings. The maximum absolute atomic E-state index is 4.53. The van der Waals surface area contributed by atoms with Crippen molar-refractivity contribution in [1.29, 1.82) is 0 Å². The van der Waals surface area contributed by atoms with Crippen LogP contribution in [0.1, 0.15) is 36.8 Å². The first-order valence-electron chi connectivity index (χ1n) is 9.71. The number of pyridine rings is 1. The van der Waals surface area contributed by atoms with Crippen molar-refractivity contribution in [3.8, 4) is 0 Å². The van der Waals surface area contributed by atoms with Crippen LogP contribution in [-0.2, 0) is 6.42 Å². The molecule has 2 unspecified atom stereocenters. The van der Waals surface area contributed by atoms with Crippen LogP contribution in [0.15, 0.2) is 59.9 Å². The molecule has 1 aliphatic rings. The van der Waals surface area contributed by atoms with Crippen molar-refractivity contribution in [2.45, 2.75) is 32.1 Å². The normalized spacial score (nSPS) is 20.1. The van der Waals surface area contributed by atoms with Gasteiger partial charge in [0.1, 0.15) is 0 Å². The summed E-state index contributed by atoms with van der Waals surface area (Å²) in [6.07, 6.45) is 7.10. The first-order chi connectivity index (χ1) is 12.8. The predicted molar refractivity (Wildman–Crippen MR) is 124 cm³/mol. The molecule has 1 saturated heterocycles. The monoisotopic (exact) mass is 478 g/mol. The summed E-state index contributed by atoms with van der Waals surface area (Å²) in [4.78, 5) is 11.1. The molecule has 3 rings (SSSR count). The lowest BCUT2D eigenvalue weighted by Gasteiger charge is -2.40. The molecular weight excluding hydrogens is 447 g/mol. The maximum atomic E-state index is 4.53. The highest BCUT2D eigenvalue weighted by molar-refractivity contribution is 14.0. The number of nitrogens with zero attached hydrogens (tertiary/aromatic N) is 3. The van der Waals surface area contributed by atoms with Crippen molar-refractivity contribution < 1.29 is 0 Å². The molecule has 0 saturated carbocycles. The average Bonchev–Trinajstić information content (AvgIpc) is 2.72. The summed E-state index contributed by atoms with van der Waals surface area (Å²) in [5.74, 6) is 2.35. The molecular formula is C22H31IN4. The minimum atomic E-state index is 0. The number of likely N-dealkylation sites (tertiary alicyclic amines) is 1. The topological polar surface area (TPSA) is 40.5 Å². The predicted octanol–water partition coefficient (Wildman–Crippen LogP) is 4.33. The first-order valence-corrected chi connectivity index (χ1v) is 9.71. The molecule has 1 N–H and O–H groups in total. The van der Waals surface area contributed by atoms with Gasteiger partial charge in [-0.05, 0) is 41.9 Å². The van der Waals surface area contributed by atoms with E-state index in [4.69, 9.17) is 0 Å². The highest BCUT2D eigenvalue weighted by atomic mass is 127. The van der Waals surface area contributed by atoms with E-state index in [0.717, 1.165) is 32.0 Å². The van der Waals surface area contributed by atoms with Gasteiger partial charge in [-0.25, -0.2) is 0 Å². The summed E-state index contributed by atoms with van der Waals surface area (Å²) in [5, 5.41) is 3.54. The highest BCUT2D eigenvalue weighted by Crippen LogP contribution is 2.34. The van der Waals surface area contributed by atoms with Gasteiger partial charge in [0, 0.05) is 39.1 Å². The van der Waals surface area contributed by atoms with Gasteiger partial charge >= 0.3 is 0 Å². The molecule has 0 amide bonds. The Balaban J connectivity index is 0.00000261. The van der Waals surface area contributed by atoms with E-state index in [0.29, 0.717) is 11.8 Å².